The van der Waals surface area contributed by atoms with Crippen molar-refractivity contribution in [2.75, 3.05) is 18.0 Å². The van der Waals surface area contributed by atoms with Crippen LogP contribution in [0.2, 0.25) is 0 Å². The highest BCUT2D eigenvalue weighted by Gasteiger charge is 2.24. The first-order valence-corrected chi connectivity index (χ1v) is 6.73. The van der Waals surface area contributed by atoms with Crippen LogP contribution in [0.1, 0.15) is 13.3 Å². The molecule has 2 unspecified atom stereocenters. The second-order valence-electron chi connectivity index (χ2n) is 5.42. The van der Waals surface area contributed by atoms with Gasteiger partial charge in [-0.2, -0.15) is 0 Å². The molecule has 0 spiro atoms. The number of rotatable bonds is 1. The first kappa shape index (κ1) is 12.2. The Morgan fingerprint density at radius 3 is 3.00 bits per heavy atom. The highest BCUT2D eigenvalue weighted by atomic mass is 16.3. The Labute approximate surface area is 112 Å². The Bertz CT molecular complexity index is 599. The molecular formula is C15H19N3O. The van der Waals surface area contributed by atoms with E-state index < -0.39 is 0 Å². The number of piperidine rings is 1. The lowest BCUT2D eigenvalue weighted by atomic mass is 9.94. The van der Waals surface area contributed by atoms with Gasteiger partial charge in [-0.3, -0.25) is 0 Å². The van der Waals surface area contributed by atoms with E-state index in [1.165, 1.54) is 0 Å². The molecule has 2 atom stereocenters. The van der Waals surface area contributed by atoms with E-state index >= 15 is 0 Å². The van der Waals surface area contributed by atoms with E-state index in [1.807, 2.05) is 18.3 Å². The van der Waals surface area contributed by atoms with Crippen molar-refractivity contribution in [1.29, 1.82) is 0 Å². The summed E-state index contributed by atoms with van der Waals surface area (Å²) >= 11 is 0. The molecule has 3 N–H and O–H groups in total. The fourth-order valence-electron chi connectivity index (χ4n) is 2.68. The summed E-state index contributed by atoms with van der Waals surface area (Å²) in [5.74, 6) is 1.76. The van der Waals surface area contributed by atoms with Crippen molar-refractivity contribution in [2.24, 2.45) is 11.7 Å². The maximum Gasteiger partial charge on any atom is 0.136 e. The van der Waals surface area contributed by atoms with Crippen molar-refractivity contribution in [3.05, 3.63) is 30.5 Å². The predicted molar refractivity (Wildman–Crippen MR) is 77.4 cm³/mol. The standard InChI is InChI=1S/C15H19N3O/c1-10-5-7-18(9-14(10)16)15-13-8-12(19)3-2-11(13)4-6-17-15/h2-4,6,8,10,14,19H,5,7,9,16H2,1H3. The van der Waals surface area contributed by atoms with Gasteiger partial charge in [0.1, 0.15) is 11.6 Å². The first-order valence-electron chi connectivity index (χ1n) is 6.73. The molecule has 4 nitrogen and oxygen atoms in total. The minimum atomic E-state index is 0.183. The van der Waals surface area contributed by atoms with Gasteiger partial charge in [-0.1, -0.05) is 13.0 Å². The van der Waals surface area contributed by atoms with Crippen molar-refractivity contribution in [3.63, 3.8) is 0 Å². The number of nitrogens with two attached hydrogens (primary N) is 1. The van der Waals surface area contributed by atoms with Crippen LogP contribution in [0.15, 0.2) is 30.5 Å². The van der Waals surface area contributed by atoms with Crippen LogP contribution >= 0.6 is 0 Å². The Morgan fingerprint density at radius 2 is 2.21 bits per heavy atom. The minimum Gasteiger partial charge on any atom is -0.508 e. The van der Waals surface area contributed by atoms with Crippen LogP contribution in [0.25, 0.3) is 10.8 Å². The summed E-state index contributed by atoms with van der Waals surface area (Å²) in [5, 5.41) is 11.8. The molecule has 0 amide bonds. The number of aromatic hydroxyl groups is 1. The Morgan fingerprint density at radius 1 is 1.37 bits per heavy atom. The summed E-state index contributed by atoms with van der Waals surface area (Å²) in [5.41, 5.74) is 6.16. The van der Waals surface area contributed by atoms with Crippen molar-refractivity contribution in [2.45, 2.75) is 19.4 Å². The second-order valence-corrected chi connectivity index (χ2v) is 5.42. The van der Waals surface area contributed by atoms with E-state index in [2.05, 4.69) is 16.8 Å². The summed E-state index contributed by atoms with van der Waals surface area (Å²) in [6.07, 6.45) is 2.90. The van der Waals surface area contributed by atoms with Crippen LogP contribution in [0.3, 0.4) is 0 Å². The molecule has 1 aromatic carbocycles. The van der Waals surface area contributed by atoms with Crippen LogP contribution in [0.4, 0.5) is 5.82 Å². The SMILES string of the molecule is CC1CCN(c2nccc3ccc(O)cc23)CC1N. The molecule has 1 fully saturated rings. The fourth-order valence-corrected chi connectivity index (χ4v) is 2.68. The topological polar surface area (TPSA) is 62.4 Å². The van der Waals surface area contributed by atoms with E-state index in [1.54, 1.807) is 12.1 Å². The Hall–Kier alpha value is -1.81. The molecular weight excluding hydrogens is 238 g/mol. The zero-order valence-electron chi connectivity index (χ0n) is 11.1. The van der Waals surface area contributed by atoms with Crippen molar-refractivity contribution in [3.8, 4) is 5.75 Å². The molecule has 4 heteroatoms. The molecule has 0 bridgehead atoms. The third kappa shape index (κ3) is 2.24. The molecule has 19 heavy (non-hydrogen) atoms. The van der Waals surface area contributed by atoms with Crippen LogP contribution in [-0.2, 0) is 0 Å². The smallest absolute Gasteiger partial charge is 0.136 e. The summed E-state index contributed by atoms with van der Waals surface area (Å²) in [7, 11) is 0. The van der Waals surface area contributed by atoms with Crippen LogP contribution < -0.4 is 10.6 Å². The number of phenols is 1. The molecule has 3 rings (SSSR count). The number of anilines is 1. The van der Waals surface area contributed by atoms with Crippen LogP contribution in [0.5, 0.6) is 5.75 Å². The lowest BCUT2D eigenvalue weighted by Gasteiger charge is -2.36. The maximum absolute atomic E-state index is 9.68. The zero-order valence-corrected chi connectivity index (χ0v) is 11.1. The molecule has 0 aliphatic carbocycles. The highest BCUT2D eigenvalue weighted by Crippen LogP contribution is 2.30. The summed E-state index contributed by atoms with van der Waals surface area (Å²) < 4.78 is 0. The van der Waals surface area contributed by atoms with Gasteiger partial charge in [0.15, 0.2) is 0 Å². The lowest BCUT2D eigenvalue weighted by Crippen LogP contribution is -2.47. The number of hydrogen-bond acceptors (Lipinski definition) is 4. The highest BCUT2D eigenvalue weighted by molar-refractivity contribution is 5.93. The third-order valence-electron chi connectivity index (χ3n) is 4.04. The summed E-state index contributed by atoms with van der Waals surface area (Å²) in [6, 6.07) is 7.55. The van der Waals surface area contributed by atoms with Crippen molar-refractivity contribution < 1.29 is 5.11 Å². The minimum absolute atomic E-state index is 0.183. The monoisotopic (exact) mass is 257 g/mol. The van der Waals surface area contributed by atoms with Gasteiger partial charge < -0.3 is 15.7 Å². The van der Waals surface area contributed by atoms with Gasteiger partial charge >= 0.3 is 0 Å². The van der Waals surface area contributed by atoms with Gasteiger partial charge in [-0.25, -0.2) is 4.98 Å². The molecule has 2 aromatic rings. The van der Waals surface area contributed by atoms with Crippen molar-refractivity contribution >= 4 is 16.6 Å². The molecule has 1 aliphatic heterocycles. The van der Waals surface area contributed by atoms with Gasteiger partial charge in [0.05, 0.1) is 0 Å². The van der Waals surface area contributed by atoms with E-state index in [0.717, 1.165) is 36.1 Å². The fraction of sp³-hybridized carbons (Fsp3) is 0.400. The third-order valence-corrected chi connectivity index (χ3v) is 4.04. The summed E-state index contributed by atoms with van der Waals surface area (Å²) in [4.78, 5) is 6.72. The molecule has 2 heterocycles. The largest absolute Gasteiger partial charge is 0.508 e. The molecule has 0 saturated carbocycles. The normalized spacial score (nSPS) is 23.8. The van der Waals surface area contributed by atoms with Gasteiger partial charge in [0.25, 0.3) is 0 Å². The summed E-state index contributed by atoms with van der Waals surface area (Å²) in [6.45, 7) is 3.99. The van der Waals surface area contributed by atoms with E-state index in [9.17, 15) is 5.11 Å². The molecule has 1 saturated heterocycles. The predicted octanol–water partition coefficient (Wildman–Crippen LogP) is 2.11. The van der Waals surface area contributed by atoms with Gasteiger partial charge in [-0.15, -0.1) is 0 Å². The van der Waals surface area contributed by atoms with E-state index in [0.29, 0.717) is 5.92 Å². The van der Waals surface area contributed by atoms with E-state index in [-0.39, 0.29) is 11.8 Å². The maximum atomic E-state index is 9.68. The van der Waals surface area contributed by atoms with E-state index in [4.69, 9.17) is 5.73 Å². The quantitative estimate of drug-likeness (QED) is 0.821. The number of pyridine rings is 1. The number of aromatic nitrogens is 1. The molecule has 1 aromatic heterocycles. The van der Waals surface area contributed by atoms with Gasteiger partial charge in [-0.05, 0) is 35.9 Å². The number of phenolic OH excluding ortho intramolecular Hbond substituents is 1. The van der Waals surface area contributed by atoms with Crippen LogP contribution in [-0.4, -0.2) is 29.2 Å². The van der Waals surface area contributed by atoms with Crippen molar-refractivity contribution in [1.82, 2.24) is 4.98 Å². The molecule has 100 valence electrons. The molecule has 1 aliphatic rings. The lowest BCUT2D eigenvalue weighted by molar-refractivity contribution is 0.378. The first-order chi connectivity index (χ1) is 9.15. The second kappa shape index (κ2) is 4.70. The number of benzene rings is 1. The average Bonchev–Trinajstić information content (AvgIpc) is 2.41. The zero-order chi connectivity index (χ0) is 13.4. The van der Waals surface area contributed by atoms with Gasteiger partial charge in [0, 0.05) is 30.7 Å². The average molecular weight is 257 g/mol. The van der Waals surface area contributed by atoms with Crippen LogP contribution in [0, 0.1) is 5.92 Å². The number of fused-ring (bicyclic) bond motifs is 1. The number of hydrogen-bond donors (Lipinski definition) is 2. The Kier molecular flexibility index (Phi) is 3.03. The van der Waals surface area contributed by atoms with Gasteiger partial charge in [0.2, 0.25) is 0 Å². The Balaban J connectivity index is 2.03. The molecule has 0 radical (unpaired) electrons. The number of nitrogens with zero attached hydrogens (tertiary/aromatic N) is 2.